The van der Waals surface area contributed by atoms with Gasteiger partial charge in [0.1, 0.15) is 6.61 Å². The van der Waals surface area contributed by atoms with E-state index in [0.717, 1.165) is 24.6 Å². The van der Waals surface area contributed by atoms with Gasteiger partial charge < -0.3 is 19.7 Å². The van der Waals surface area contributed by atoms with Crippen LogP contribution >= 0.6 is 0 Å². The van der Waals surface area contributed by atoms with Crippen molar-refractivity contribution in [2.75, 3.05) is 40.9 Å². The molecule has 0 amide bonds. The first-order valence-electron chi connectivity index (χ1n) is 7.66. The van der Waals surface area contributed by atoms with Crippen molar-refractivity contribution in [2.24, 2.45) is 5.92 Å². The summed E-state index contributed by atoms with van der Waals surface area (Å²) in [5, 5.41) is 3.58. The van der Waals surface area contributed by atoms with E-state index in [-0.39, 0.29) is 0 Å². The molecule has 0 fully saturated rings. The van der Waals surface area contributed by atoms with Crippen LogP contribution in [0.15, 0.2) is 24.3 Å². The first-order valence-corrected chi connectivity index (χ1v) is 7.66. The summed E-state index contributed by atoms with van der Waals surface area (Å²) < 4.78 is 11.1. The van der Waals surface area contributed by atoms with Crippen LogP contribution in [0.5, 0.6) is 11.5 Å². The van der Waals surface area contributed by atoms with E-state index < -0.39 is 0 Å². The molecule has 0 bridgehead atoms. The van der Waals surface area contributed by atoms with E-state index in [1.54, 1.807) is 7.11 Å². The highest BCUT2D eigenvalue weighted by Crippen LogP contribution is 2.25. The zero-order chi connectivity index (χ0) is 15.7. The number of nitrogens with one attached hydrogen (secondary N) is 1. The van der Waals surface area contributed by atoms with E-state index in [2.05, 4.69) is 38.2 Å². The van der Waals surface area contributed by atoms with Gasteiger partial charge in [-0.15, -0.1) is 0 Å². The van der Waals surface area contributed by atoms with Gasteiger partial charge in [-0.2, -0.15) is 0 Å². The maximum atomic E-state index is 5.79. The monoisotopic (exact) mass is 294 g/mol. The molecule has 0 aliphatic rings. The number of hydrogen-bond acceptors (Lipinski definition) is 4. The molecule has 0 saturated carbocycles. The molecule has 0 aromatic heterocycles. The smallest absolute Gasteiger partial charge is 0.161 e. The molecule has 4 heteroatoms. The highest BCUT2D eigenvalue weighted by molar-refractivity contribution is 5.39. The molecule has 0 aliphatic carbocycles. The van der Waals surface area contributed by atoms with Crippen molar-refractivity contribution in [3.63, 3.8) is 0 Å². The molecule has 120 valence electrons. The lowest BCUT2D eigenvalue weighted by atomic mass is 10.0. The van der Waals surface area contributed by atoms with Gasteiger partial charge in [-0.1, -0.05) is 26.0 Å². The van der Waals surface area contributed by atoms with Crippen molar-refractivity contribution in [3.05, 3.63) is 24.3 Å². The Labute approximate surface area is 129 Å². The summed E-state index contributed by atoms with van der Waals surface area (Å²) in [6.45, 7) is 7.05. The molecule has 0 radical (unpaired) electrons. The largest absolute Gasteiger partial charge is 0.493 e. The first kappa shape index (κ1) is 17.8. The van der Waals surface area contributed by atoms with E-state index in [9.17, 15) is 0 Å². The van der Waals surface area contributed by atoms with Crippen LogP contribution in [0.25, 0.3) is 0 Å². The molecule has 0 spiro atoms. The molecular weight excluding hydrogens is 264 g/mol. The number of hydrogen-bond donors (Lipinski definition) is 1. The van der Waals surface area contributed by atoms with Crippen molar-refractivity contribution in [2.45, 2.75) is 26.3 Å². The van der Waals surface area contributed by atoms with Gasteiger partial charge >= 0.3 is 0 Å². The van der Waals surface area contributed by atoms with Gasteiger partial charge in [0.25, 0.3) is 0 Å². The maximum Gasteiger partial charge on any atom is 0.161 e. The van der Waals surface area contributed by atoms with Crippen LogP contribution in [0.2, 0.25) is 0 Å². The number of benzene rings is 1. The summed E-state index contributed by atoms with van der Waals surface area (Å²) in [4.78, 5) is 2.22. The normalized spacial score (nSPS) is 12.7. The fraction of sp³-hybridized carbons (Fsp3) is 0.647. The SMILES string of the molecule is COc1ccccc1OCCNC(CC(C)C)CN(C)C. The van der Waals surface area contributed by atoms with E-state index in [1.165, 1.54) is 6.42 Å². The fourth-order valence-electron chi connectivity index (χ4n) is 2.39. The zero-order valence-electron chi connectivity index (χ0n) is 14.1. The fourth-order valence-corrected chi connectivity index (χ4v) is 2.39. The van der Waals surface area contributed by atoms with Crippen LogP contribution in [0.3, 0.4) is 0 Å². The molecule has 1 unspecified atom stereocenters. The summed E-state index contributed by atoms with van der Waals surface area (Å²) in [5.41, 5.74) is 0. The lowest BCUT2D eigenvalue weighted by Crippen LogP contribution is -2.41. The molecule has 1 aromatic carbocycles. The van der Waals surface area contributed by atoms with Crippen LogP contribution < -0.4 is 14.8 Å². The third-order valence-corrected chi connectivity index (χ3v) is 3.20. The molecule has 1 N–H and O–H groups in total. The van der Waals surface area contributed by atoms with E-state index in [4.69, 9.17) is 9.47 Å². The van der Waals surface area contributed by atoms with Crippen LogP contribution in [-0.4, -0.2) is 51.8 Å². The van der Waals surface area contributed by atoms with Crippen molar-refractivity contribution in [1.82, 2.24) is 10.2 Å². The van der Waals surface area contributed by atoms with Crippen molar-refractivity contribution >= 4 is 0 Å². The molecule has 1 aromatic rings. The predicted molar refractivity (Wildman–Crippen MR) is 88.3 cm³/mol. The van der Waals surface area contributed by atoms with Gasteiger partial charge in [0, 0.05) is 19.1 Å². The lowest BCUT2D eigenvalue weighted by molar-refractivity contribution is 0.262. The number of nitrogens with zero attached hydrogens (tertiary/aromatic N) is 1. The predicted octanol–water partition coefficient (Wildman–Crippen LogP) is 2.64. The minimum absolute atomic E-state index is 0.501. The van der Waals surface area contributed by atoms with Gasteiger partial charge in [-0.3, -0.25) is 0 Å². The summed E-state index contributed by atoms with van der Waals surface area (Å²) in [7, 11) is 5.89. The number of rotatable bonds is 10. The minimum Gasteiger partial charge on any atom is -0.493 e. The second-order valence-corrected chi connectivity index (χ2v) is 6.04. The highest BCUT2D eigenvalue weighted by atomic mass is 16.5. The number of likely N-dealkylation sites (N-methyl/N-ethyl adjacent to an activating group) is 1. The van der Waals surface area contributed by atoms with Crippen LogP contribution in [-0.2, 0) is 0 Å². The molecular formula is C17H30N2O2. The number of ether oxygens (including phenoxy) is 2. The Kier molecular flexibility index (Phi) is 8.16. The zero-order valence-corrected chi connectivity index (χ0v) is 14.1. The van der Waals surface area contributed by atoms with Crippen molar-refractivity contribution in [1.29, 1.82) is 0 Å². The van der Waals surface area contributed by atoms with Gasteiger partial charge in [0.15, 0.2) is 11.5 Å². The Morgan fingerprint density at radius 2 is 1.81 bits per heavy atom. The summed E-state index contributed by atoms with van der Waals surface area (Å²) in [6, 6.07) is 8.25. The Hall–Kier alpha value is -1.26. The molecule has 0 saturated heterocycles. The van der Waals surface area contributed by atoms with E-state index in [1.807, 2.05) is 24.3 Å². The average Bonchev–Trinajstić information content (AvgIpc) is 2.42. The second-order valence-electron chi connectivity index (χ2n) is 6.04. The molecule has 0 heterocycles. The van der Waals surface area contributed by atoms with Gasteiger partial charge in [0.05, 0.1) is 7.11 Å². The topological polar surface area (TPSA) is 33.7 Å². The highest BCUT2D eigenvalue weighted by Gasteiger charge is 2.11. The molecule has 21 heavy (non-hydrogen) atoms. The van der Waals surface area contributed by atoms with Gasteiger partial charge in [-0.05, 0) is 38.6 Å². The average molecular weight is 294 g/mol. The summed E-state index contributed by atoms with van der Waals surface area (Å²) in [6.07, 6.45) is 1.17. The Bertz CT molecular complexity index is 384. The third kappa shape index (κ3) is 7.34. The summed E-state index contributed by atoms with van der Waals surface area (Å²) in [5.74, 6) is 2.27. The van der Waals surface area contributed by atoms with Gasteiger partial charge in [-0.25, -0.2) is 0 Å². The minimum atomic E-state index is 0.501. The number of methoxy groups -OCH3 is 1. The first-order chi connectivity index (χ1) is 10.0. The Morgan fingerprint density at radius 1 is 1.14 bits per heavy atom. The molecule has 1 atom stereocenters. The van der Waals surface area contributed by atoms with E-state index >= 15 is 0 Å². The summed E-state index contributed by atoms with van der Waals surface area (Å²) >= 11 is 0. The quantitative estimate of drug-likeness (QED) is 0.673. The second kappa shape index (κ2) is 9.64. The van der Waals surface area contributed by atoms with Crippen LogP contribution in [0.1, 0.15) is 20.3 Å². The molecule has 4 nitrogen and oxygen atoms in total. The standard InChI is InChI=1S/C17H30N2O2/c1-14(2)12-15(13-19(3)4)18-10-11-21-17-9-7-6-8-16(17)20-5/h6-9,14-15,18H,10-13H2,1-5H3. The number of para-hydroxylation sites is 2. The van der Waals surface area contributed by atoms with Crippen LogP contribution in [0.4, 0.5) is 0 Å². The Morgan fingerprint density at radius 3 is 2.38 bits per heavy atom. The van der Waals surface area contributed by atoms with Crippen LogP contribution in [0, 0.1) is 5.92 Å². The van der Waals surface area contributed by atoms with E-state index in [0.29, 0.717) is 18.6 Å². The molecule has 0 aliphatic heterocycles. The van der Waals surface area contributed by atoms with Gasteiger partial charge in [0.2, 0.25) is 0 Å². The van der Waals surface area contributed by atoms with Crippen molar-refractivity contribution in [3.8, 4) is 11.5 Å². The molecule has 1 rings (SSSR count). The lowest BCUT2D eigenvalue weighted by Gasteiger charge is -2.24. The maximum absolute atomic E-state index is 5.79. The third-order valence-electron chi connectivity index (χ3n) is 3.20. The van der Waals surface area contributed by atoms with Crippen molar-refractivity contribution < 1.29 is 9.47 Å². The Balaban J connectivity index is 2.36.